The van der Waals surface area contributed by atoms with E-state index in [4.69, 9.17) is 0 Å². The lowest BCUT2D eigenvalue weighted by Crippen LogP contribution is -2.15. The van der Waals surface area contributed by atoms with Crippen LogP contribution in [0.1, 0.15) is 20.7 Å². The van der Waals surface area contributed by atoms with E-state index in [1.165, 1.54) is 13.2 Å². The maximum absolute atomic E-state index is 11.5. The summed E-state index contributed by atoms with van der Waals surface area (Å²) in [7, 11) is 4.84. The lowest BCUT2D eigenvalue weighted by atomic mass is 10.1. The highest BCUT2D eigenvalue weighted by Gasteiger charge is 2.17. The standard InChI is InChI=1S/C11H13NO4S/c1-12(2)9-5-4-7(10(13)15-3)6-8(9)11(14)16-17/h4-6,17H,1-3H3. The molecule has 5 nitrogen and oxygen atoms in total. The summed E-state index contributed by atoms with van der Waals surface area (Å²) >= 11 is 3.47. The second-order valence-corrected chi connectivity index (χ2v) is 3.68. The molecule has 17 heavy (non-hydrogen) atoms. The normalized spacial score (nSPS) is 9.65. The molecule has 1 rings (SSSR count). The summed E-state index contributed by atoms with van der Waals surface area (Å²) in [5.41, 5.74) is 1.18. The Morgan fingerprint density at radius 3 is 2.35 bits per heavy atom. The number of hydrogen-bond acceptors (Lipinski definition) is 6. The molecule has 1 aromatic rings. The third-order valence-electron chi connectivity index (χ3n) is 2.20. The van der Waals surface area contributed by atoms with E-state index in [1.54, 1.807) is 31.1 Å². The van der Waals surface area contributed by atoms with Crippen molar-refractivity contribution in [2.24, 2.45) is 0 Å². The zero-order valence-electron chi connectivity index (χ0n) is 9.76. The molecule has 0 saturated carbocycles. The molecule has 0 heterocycles. The van der Waals surface area contributed by atoms with Gasteiger partial charge >= 0.3 is 11.9 Å². The van der Waals surface area contributed by atoms with Crippen LogP contribution in [-0.2, 0) is 8.92 Å². The first kappa shape index (κ1) is 13.4. The number of hydrogen-bond donors (Lipinski definition) is 1. The Balaban J connectivity index is 3.29. The van der Waals surface area contributed by atoms with Crippen molar-refractivity contribution in [1.29, 1.82) is 0 Å². The summed E-state index contributed by atoms with van der Waals surface area (Å²) < 4.78 is 8.95. The topological polar surface area (TPSA) is 55.8 Å². The van der Waals surface area contributed by atoms with Crippen molar-refractivity contribution in [2.75, 3.05) is 26.1 Å². The van der Waals surface area contributed by atoms with Gasteiger partial charge in [-0.05, 0) is 18.2 Å². The van der Waals surface area contributed by atoms with Crippen LogP contribution in [0.5, 0.6) is 0 Å². The second-order valence-electron chi connectivity index (χ2n) is 3.50. The summed E-state index contributed by atoms with van der Waals surface area (Å²) in [6.45, 7) is 0. The Labute approximate surface area is 105 Å². The number of esters is 1. The van der Waals surface area contributed by atoms with Gasteiger partial charge in [0.05, 0.1) is 23.9 Å². The number of nitrogens with zero attached hydrogens (tertiary/aromatic N) is 1. The van der Waals surface area contributed by atoms with Gasteiger partial charge in [-0.3, -0.25) is 0 Å². The SMILES string of the molecule is COC(=O)c1ccc(N(C)C)c(C(=O)OS)c1. The molecule has 0 spiro atoms. The van der Waals surface area contributed by atoms with Crippen LogP contribution in [0.15, 0.2) is 18.2 Å². The smallest absolute Gasteiger partial charge is 0.352 e. The lowest BCUT2D eigenvalue weighted by Gasteiger charge is -2.16. The van der Waals surface area contributed by atoms with E-state index in [1.807, 2.05) is 0 Å². The van der Waals surface area contributed by atoms with Crippen LogP contribution < -0.4 is 4.90 Å². The number of rotatable bonds is 3. The summed E-state index contributed by atoms with van der Waals surface area (Å²) in [5.74, 6) is -1.13. The van der Waals surface area contributed by atoms with Crippen LogP contribution in [0.4, 0.5) is 5.69 Å². The minimum absolute atomic E-state index is 0.257. The Morgan fingerprint density at radius 2 is 1.88 bits per heavy atom. The van der Waals surface area contributed by atoms with Crippen molar-refractivity contribution in [3.63, 3.8) is 0 Å². The minimum atomic E-state index is -0.622. The minimum Gasteiger partial charge on any atom is -0.465 e. The number of methoxy groups -OCH3 is 1. The summed E-state index contributed by atoms with van der Waals surface area (Å²) in [5, 5.41) is 0. The van der Waals surface area contributed by atoms with Crippen molar-refractivity contribution in [3.8, 4) is 0 Å². The maximum atomic E-state index is 11.5. The maximum Gasteiger partial charge on any atom is 0.352 e. The second kappa shape index (κ2) is 5.58. The van der Waals surface area contributed by atoms with E-state index in [0.29, 0.717) is 5.69 Å². The van der Waals surface area contributed by atoms with Gasteiger partial charge in [0.25, 0.3) is 0 Å². The number of anilines is 1. The van der Waals surface area contributed by atoms with Gasteiger partial charge in [-0.1, -0.05) is 0 Å². The zero-order chi connectivity index (χ0) is 13.0. The molecular formula is C11H13NO4S. The summed E-state index contributed by atoms with van der Waals surface area (Å²) in [6, 6.07) is 4.64. The molecule has 0 aliphatic heterocycles. The average Bonchev–Trinajstić information content (AvgIpc) is 2.35. The highest BCUT2D eigenvalue weighted by atomic mass is 32.1. The number of ether oxygens (including phenoxy) is 1. The number of thiol groups is 1. The molecule has 0 saturated heterocycles. The highest BCUT2D eigenvalue weighted by molar-refractivity contribution is 7.75. The van der Waals surface area contributed by atoms with E-state index in [0.717, 1.165) is 0 Å². The monoisotopic (exact) mass is 255 g/mol. The highest BCUT2D eigenvalue weighted by Crippen LogP contribution is 2.22. The quantitative estimate of drug-likeness (QED) is 0.504. The zero-order valence-corrected chi connectivity index (χ0v) is 10.7. The van der Waals surface area contributed by atoms with E-state index in [2.05, 4.69) is 21.8 Å². The molecule has 0 fully saturated rings. The van der Waals surface area contributed by atoms with Crippen molar-refractivity contribution in [2.45, 2.75) is 0 Å². The molecule has 1 aromatic carbocycles. The van der Waals surface area contributed by atoms with Crippen LogP contribution in [0.25, 0.3) is 0 Å². The fraction of sp³-hybridized carbons (Fsp3) is 0.273. The summed E-state index contributed by atoms with van der Waals surface area (Å²) in [6.07, 6.45) is 0. The molecule has 0 unspecified atom stereocenters. The van der Waals surface area contributed by atoms with Crippen LogP contribution >= 0.6 is 12.9 Å². The molecule has 0 bridgehead atoms. The molecule has 0 aliphatic rings. The van der Waals surface area contributed by atoms with Crippen LogP contribution in [0.2, 0.25) is 0 Å². The van der Waals surface area contributed by atoms with E-state index in [9.17, 15) is 9.59 Å². The van der Waals surface area contributed by atoms with E-state index in [-0.39, 0.29) is 11.1 Å². The third kappa shape index (κ3) is 2.91. The fourth-order valence-electron chi connectivity index (χ4n) is 1.38. The molecule has 0 radical (unpaired) electrons. The third-order valence-corrected chi connectivity index (χ3v) is 2.37. The predicted molar refractivity (Wildman–Crippen MR) is 66.5 cm³/mol. The van der Waals surface area contributed by atoms with Crippen LogP contribution in [0.3, 0.4) is 0 Å². The van der Waals surface area contributed by atoms with E-state index < -0.39 is 11.9 Å². The first-order chi connectivity index (χ1) is 8.01. The van der Waals surface area contributed by atoms with Crippen molar-refractivity contribution in [1.82, 2.24) is 0 Å². The molecule has 6 heteroatoms. The number of benzene rings is 1. The van der Waals surface area contributed by atoms with Crippen molar-refractivity contribution in [3.05, 3.63) is 29.3 Å². The molecule has 0 N–H and O–H groups in total. The molecule has 0 aliphatic carbocycles. The van der Waals surface area contributed by atoms with Gasteiger partial charge in [-0.25, -0.2) is 9.59 Å². The van der Waals surface area contributed by atoms with Gasteiger partial charge in [0.1, 0.15) is 0 Å². The van der Waals surface area contributed by atoms with Gasteiger partial charge in [0.15, 0.2) is 0 Å². The Bertz CT molecular complexity index is 445. The average molecular weight is 255 g/mol. The van der Waals surface area contributed by atoms with Crippen molar-refractivity contribution < 1.29 is 18.5 Å². The lowest BCUT2D eigenvalue weighted by molar-refractivity contribution is 0.0600. The molecule has 0 atom stereocenters. The van der Waals surface area contributed by atoms with Gasteiger partial charge in [0.2, 0.25) is 0 Å². The number of carbonyl (C=O) groups is 2. The van der Waals surface area contributed by atoms with E-state index >= 15 is 0 Å². The van der Waals surface area contributed by atoms with Gasteiger partial charge in [0, 0.05) is 27.0 Å². The molecular weight excluding hydrogens is 242 g/mol. The molecule has 92 valence electrons. The molecule has 0 aromatic heterocycles. The van der Waals surface area contributed by atoms with Crippen LogP contribution in [-0.4, -0.2) is 33.1 Å². The first-order valence-electron chi connectivity index (χ1n) is 4.76. The predicted octanol–water partition coefficient (Wildman–Crippen LogP) is 1.54. The fourth-order valence-corrected chi connectivity index (χ4v) is 1.48. The van der Waals surface area contributed by atoms with Crippen molar-refractivity contribution >= 4 is 30.5 Å². The van der Waals surface area contributed by atoms with Crippen LogP contribution in [0, 0.1) is 0 Å². The van der Waals surface area contributed by atoms with Gasteiger partial charge < -0.3 is 13.8 Å². The van der Waals surface area contributed by atoms with Gasteiger partial charge in [-0.2, -0.15) is 0 Å². The Kier molecular flexibility index (Phi) is 4.39. The van der Waals surface area contributed by atoms with Gasteiger partial charge in [-0.15, -0.1) is 0 Å². The largest absolute Gasteiger partial charge is 0.465 e. The first-order valence-corrected chi connectivity index (χ1v) is 5.13. The number of carbonyl (C=O) groups excluding carboxylic acids is 2. The Hall–Kier alpha value is -1.69. The summed E-state index contributed by atoms with van der Waals surface area (Å²) in [4.78, 5) is 24.6. The Morgan fingerprint density at radius 1 is 1.24 bits per heavy atom. The molecule has 0 amide bonds.